The molecule has 1 N–H and O–H groups in total. The summed E-state index contributed by atoms with van der Waals surface area (Å²) in [5.74, 6) is -0.241. The molecule has 1 amide bonds. The third-order valence-electron chi connectivity index (χ3n) is 5.20. The fourth-order valence-electron chi connectivity index (χ4n) is 3.77. The molecule has 0 unspecified atom stereocenters. The molecule has 0 aliphatic heterocycles. The van der Waals surface area contributed by atoms with Crippen LogP contribution in [0.4, 0.5) is 5.69 Å². The van der Waals surface area contributed by atoms with Gasteiger partial charge in [0.05, 0.1) is 11.9 Å². The molecular weight excluding hydrogens is 370 g/mol. The summed E-state index contributed by atoms with van der Waals surface area (Å²) in [7, 11) is 0. The van der Waals surface area contributed by atoms with E-state index in [4.69, 9.17) is 11.6 Å². The Labute approximate surface area is 169 Å². The first-order valence-electron chi connectivity index (χ1n) is 9.52. The highest BCUT2D eigenvalue weighted by Gasteiger charge is 2.20. The van der Waals surface area contributed by atoms with Crippen molar-refractivity contribution in [3.05, 3.63) is 71.5 Å². The van der Waals surface area contributed by atoms with Crippen molar-refractivity contribution in [2.75, 3.05) is 5.32 Å². The van der Waals surface area contributed by atoms with Crippen LogP contribution in [0.3, 0.4) is 0 Å². The van der Waals surface area contributed by atoms with Gasteiger partial charge in [-0.05, 0) is 42.7 Å². The summed E-state index contributed by atoms with van der Waals surface area (Å²) in [6.07, 6.45) is 14.2. The zero-order chi connectivity index (χ0) is 19.5. The van der Waals surface area contributed by atoms with Crippen LogP contribution in [0.15, 0.2) is 55.4 Å². The van der Waals surface area contributed by atoms with Crippen molar-refractivity contribution in [2.45, 2.75) is 31.7 Å². The highest BCUT2D eigenvalue weighted by atomic mass is 35.5. The maximum absolute atomic E-state index is 11.7. The molecule has 4 rings (SSSR count). The SMILES string of the molecule is C=CC(=O)Nc1cnc2c(c1)c(/C=C/c1ccc(Cl)cc1)cn2C1CCCC1. The summed E-state index contributed by atoms with van der Waals surface area (Å²) < 4.78 is 2.29. The van der Waals surface area contributed by atoms with Crippen LogP contribution in [-0.4, -0.2) is 15.5 Å². The summed E-state index contributed by atoms with van der Waals surface area (Å²) in [4.78, 5) is 16.3. The second-order valence-electron chi connectivity index (χ2n) is 7.10. The van der Waals surface area contributed by atoms with Crippen LogP contribution >= 0.6 is 11.6 Å². The van der Waals surface area contributed by atoms with Crippen LogP contribution in [0.25, 0.3) is 23.2 Å². The standard InChI is InChI=1S/C23H22ClN3O/c1-2-22(28)26-19-13-21-17(10-7-16-8-11-18(24)12-9-16)15-27(23(21)25-14-19)20-5-3-4-6-20/h2,7-15,20H,1,3-6H2,(H,26,28)/b10-7+. The zero-order valence-corrected chi connectivity index (χ0v) is 16.3. The summed E-state index contributed by atoms with van der Waals surface area (Å²) in [6.45, 7) is 3.51. The van der Waals surface area contributed by atoms with Crippen LogP contribution < -0.4 is 5.32 Å². The predicted molar refractivity (Wildman–Crippen MR) is 116 cm³/mol. The van der Waals surface area contributed by atoms with Gasteiger partial charge < -0.3 is 9.88 Å². The Hall–Kier alpha value is -2.85. The minimum Gasteiger partial charge on any atom is -0.329 e. The van der Waals surface area contributed by atoms with E-state index in [0.717, 1.165) is 27.2 Å². The number of pyridine rings is 1. The third kappa shape index (κ3) is 3.87. The first-order chi connectivity index (χ1) is 13.6. The first kappa shape index (κ1) is 18.5. The Morgan fingerprint density at radius 3 is 2.68 bits per heavy atom. The van der Waals surface area contributed by atoms with Gasteiger partial charge in [0.2, 0.25) is 5.91 Å². The maximum Gasteiger partial charge on any atom is 0.247 e. The lowest BCUT2D eigenvalue weighted by molar-refractivity contribution is -0.111. The number of aromatic nitrogens is 2. The lowest BCUT2D eigenvalue weighted by Gasteiger charge is -2.12. The Morgan fingerprint density at radius 2 is 1.96 bits per heavy atom. The van der Waals surface area contributed by atoms with Crippen molar-refractivity contribution in [1.29, 1.82) is 0 Å². The molecule has 0 atom stereocenters. The van der Waals surface area contributed by atoms with Crippen LogP contribution in [-0.2, 0) is 4.79 Å². The van der Waals surface area contributed by atoms with Crippen molar-refractivity contribution >= 4 is 46.4 Å². The molecule has 1 aliphatic rings. The van der Waals surface area contributed by atoms with Gasteiger partial charge in [0, 0.05) is 28.2 Å². The van der Waals surface area contributed by atoms with Gasteiger partial charge in [-0.25, -0.2) is 4.98 Å². The average Bonchev–Trinajstić information content (AvgIpc) is 3.35. The molecule has 0 saturated heterocycles. The van der Waals surface area contributed by atoms with Gasteiger partial charge in [-0.3, -0.25) is 4.79 Å². The number of carbonyl (C=O) groups is 1. The van der Waals surface area contributed by atoms with Crippen molar-refractivity contribution in [2.24, 2.45) is 0 Å². The number of benzene rings is 1. The van der Waals surface area contributed by atoms with E-state index in [1.165, 1.54) is 31.8 Å². The molecule has 1 saturated carbocycles. The first-order valence-corrected chi connectivity index (χ1v) is 9.89. The van der Waals surface area contributed by atoms with Crippen molar-refractivity contribution in [3.8, 4) is 0 Å². The van der Waals surface area contributed by atoms with Crippen molar-refractivity contribution < 1.29 is 4.79 Å². The van der Waals surface area contributed by atoms with Crippen LogP contribution in [0, 0.1) is 0 Å². The van der Waals surface area contributed by atoms with Crippen LogP contribution in [0.2, 0.25) is 5.02 Å². The van der Waals surface area contributed by atoms with E-state index in [1.807, 2.05) is 30.3 Å². The molecular formula is C23H22ClN3O. The largest absolute Gasteiger partial charge is 0.329 e. The van der Waals surface area contributed by atoms with E-state index in [9.17, 15) is 4.79 Å². The summed E-state index contributed by atoms with van der Waals surface area (Å²) in [6, 6.07) is 10.2. The number of hydrogen-bond acceptors (Lipinski definition) is 2. The highest BCUT2D eigenvalue weighted by molar-refractivity contribution is 6.30. The molecule has 0 spiro atoms. The Balaban J connectivity index is 1.75. The minimum atomic E-state index is -0.241. The van der Waals surface area contributed by atoms with Gasteiger partial charge in [-0.1, -0.05) is 55.3 Å². The monoisotopic (exact) mass is 391 g/mol. The van der Waals surface area contributed by atoms with Gasteiger partial charge in [0.15, 0.2) is 0 Å². The maximum atomic E-state index is 11.7. The van der Waals surface area contributed by atoms with Gasteiger partial charge in [0.1, 0.15) is 5.65 Å². The zero-order valence-electron chi connectivity index (χ0n) is 15.6. The molecule has 28 heavy (non-hydrogen) atoms. The molecule has 3 aromatic rings. The molecule has 142 valence electrons. The molecule has 1 aromatic carbocycles. The number of anilines is 1. The quantitative estimate of drug-likeness (QED) is 0.534. The number of nitrogens with zero attached hydrogens (tertiary/aromatic N) is 2. The Morgan fingerprint density at radius 1 is 1.21 bits per heavy atom. The number of halogens is 1. The second kappa shape index (κ2) is 8.03. The fourth-order valence-corrected chi connectivity index (χ4v) is 3.90. The van der Waals surface area contributed by atoms with Crippen molar-refractivity contribution in [3.63, 3.8) is 0 Å². The molecule has 0 bridgehead atoms. The molecule has 2 heterocycles. The number of nitrogens with one attached hydrogen (secondary N) is 1. The smallest absolute Gasteiger partial charge is 0.247 e. The molecule has 1 fully saturated rings. The van der Waals surface area contributed by atoms with E-state index in [2.05, 4.69) is 39.8 Å². The summed E-state index contributed by atoms with van der Waals surface area (Å²) >= 11 is 5.98. The highest BCUT2D eigenvalue weighted by Crippen LogP contribution is 2.35. The van der Waals surface area contributed by atoms with E-state index >= 15 is 0 Å². The van der Waals surface area contributed by atoms with E-state index in [-0.39, 0.29) is 5.91 Å². The number of rotatable bonds is 5. The van der Waals surface area contributed by atoms with E-state index in [0.29, 0.717) is 11.7 Å². The lowest BCUT2D eigenvalue weighted by Crippen LogP contribution is -2.08. The van der Waals surface area contributed by atoms with E-state index in [1.54, 1.807) is 6.20 Å². The van der Waals surface area contributed by atoms with Crippen molar-refractivity contribution in [1.82, 2.24) is 9.55 Å². The Bertz CT molecular complexity index is 1040. The topological polar surface area (TPSA) is 46.9 Å². The number of carbonyl (C=O) groups excluding carboxylic acids is 1. The molecule has 5 heteroatoms. The van der Waals surface area contributed by atoms with Crippen LogP contribution in [0.5, 0.6) is 0 Å². The third-order valence-corrected chi connectivity index (χ3v) is 5.45. The van der Waals surface area contributed by atoms with Gasteiger partial charge in [-0.2, -0.15) is 0 Å². The van der Waals surface area contributed by atoms with Gasteiger partial charge >= 0.3 is 0 Å². The molecule has 0 radical (unpaired) electrons. The minimum absolute atomic E-state index is 0.241. The number of hydrogen-bond donors (Lipinski definition) is 1. The molecule has 1 aliphatic carbocycles. The van der Waals surface area contributed by atoms with Gasteiger partial charge in [-0.15, -0.1) is 0 Å². The summed E-state index contributed by atoms with van der Waals surface area (Å²) in [5.41, 5.74) is 3.79. The summed E-state index contributed by atoms with van der Waals surface area (Å²) in [5, 5.41) is 4.55. The normalized spacial score (nSPS) is 14.8. The molecule has 4 nitrogen and oxygen atoms in total. The number of amides is 1. The average molecular weight is 392 g/mol. The second-order valence-corrected chi connectivity index (χ2v) is 7.54. The fraction of sp³-hybridized carbons (Fsp3) is 0.217. The van der Waals surface area contributed by atoms with Crippen LogP contribution in [0.1, 0.15) is 42.9 Å². The Kier molecular flexibility index (Phi) is 5.31. The van der Waals surface area contributed by atoms with Gasteiger partial charge in [0.25, 0.3) is 0 Å². The molecule has 2 aromatic heterocycles. The lowest BCUT2D eigenvalue weighted by atomic mass is 10.1. The predicted octanol–water partition coefficient (Wildman–Crippen LogP) is 6.10. The van der Waals surface area contributed by atoms with E-state index < -0.39 is 0 Å². The number of fused-ring (bicyclic) bond motifs is 1.